The molecule has 30 heavy (non-hydrogen) atoms. The fraction of sp³-hybridized carbons (Fsp3) is 0.682. The van der Waals surface area contributed by atoms with Crippen LogP contribution >= 0.6 is 24.0 Å². The van der Waals surface area contributed by atoms with Crippen LogP contribution in [0.4, 0.5) is 4.39 Å². The van der Waals surface area contributed by atoms with E-state index >= 15 is 0 Å². The highest BCUT2D eigenvalue weighted by Crippen LogP contribution is 2.20. The second-order valence-corrected chi connectivity index (χ2v) is 7.91. The second-order valence-electron chi connectivity index (χ2n) is 7.91. The van der Waals surface area contributed by atoms with Gasteiger partial charge in [-0.15, -0.1) is 24.0 Å². The van der Waals surface area contributed by atoms with Crippen molar-refractivity contribution in [3.8, 4) is 0 Å². The summed E-state index contributed by atoms with van der Waals surface area (Å²) in [6.45, 7) is 12.1. The molecule has 0 radical (unpaired) electrons. The Morgan fingerprint density at radius 3 is 2.53 bits per heavy atom. The SMILES string of the molecule is CCNC(=NCC1CCN(Cc2ccccc2F)CC1)NCCN1CCOCC1.I. The van der Waals surface area contributed by atoms with E-state index in [0.29, 0.717) is 12.5 Å². The number of rotatable bonds is 8. The summed E-state index contributed by atoms with van der Waals surface area (Å²) >= 11 is 0. The molecule has 1 aromatic rings. The molecule has 2 heterocycles. The fourth-order valence-electron chi connectivity index (χ4n) is 3.91. The molecule has 0 aliphatic carbocycles. The number of hydrogen-bond acceptors (Lipinski definition) is 4. The first kappa shape index (κ1) is 25.3. The van der Waals surface area contributed by atoms with Crippen LogP contribution in [0.15, 0.2) is 29.3 Å². The quantitative estimate of drug-likeness (QED) is 0.306. The third kappa shape index (κ3) is 8.64. The number of halogens is 2. The first-order valence-electron chi connectivity index (χ1n) is 11.0. The lowest BCUT2D eigenvalue weighted by molar-refractivity contribution is 0.0389. The summed E-state index contributed by atoms with van der Waals surface area (Å²) in [5.74, 6) is 1.41. The number of ether oxygens (including phenoxy) is 1. The van der Waals surface area contributed by atoms with Crippen molar-refractivity contribution in [3.05, 3.63) is 35.6 Å². The molecule has 0 saturated carbocycles. The van der Waals surface area contributed by atoms with Crippen LogP contribution in [0.1, 0.15) is 25.3 Å². The highest BCUT2D eigenvalue weighted by atomic mass is 127. The molecule has 2 N–H and O–H groups in total. The van der Waals surface area contributed by atoms with Crippen molar-refractivity contribution in [2.24, 2.45) is 10.9 Å². The molecule has 2 aliphatic rings. The van der Waals surface area contributed by atoms with Gasteiger partial charge in [-0.25, -0.2) is 4.39 Å². The van der Waals surface area contributed by atoms with Gasteiger partial charge in [-0.2, -0.15) is 0 Å². The van der Waals surface area contributed by atoms with Crippen LogP contribution in [0.25, 0.3) is 0 Å². The van der Waals surface area contributed by atoms with Crippen LogP contribution < -0.4 is 10.6 Å². The highest BCUT2D eigenvalue weighted by molar-refractivity contribution is 14.0. The van der Waals surface area contributed by atoms with Gasteiger partial charge in [0.25, 0.3) is 0 Å². The molecule has 6 nitrogen and oxygen atoms in total. The standard InChI is InChI=1S/C22H36FN5O.HI/c1-2-24-22(25-9-12-27-13-15-29-16-14-27)26-17-19-7-10-28(11-8-19)18-20-5-3-4-6-21(20)23;/h3-6,19H,2,7-18H2,1H3,(H2,24,25,26);1H. The smallest absolute Gasteiger partial charge is 0.191 e. The van der Waals surface area contributed by atoms with Crippen LogP contribution in [0.2, 0.25) is 0 Å². The van der Waals surface area contributed by atoms with E-state index in [1.165, 1.54) is 0 Å². The molecule has 3 rings (SSSR count). The van der Waals surface area contributed by atoms with Crippen LogP contribution in [-0.4, -0.2) is 81.3 Å². The Bertz CT molecular complexity index is 634. The van der Waals surface area contributed by atoms with Gasteiger partial charge < -0.3 is 15.4 Å². The third-order valence-electron chi connectivity index (χ3n) is 5.73. The maximum absolute atomic E-state index is 13.9. The van der Waals surface area contributed by atoms with Crippen molar-refractivity contribution in [2.75, 3.05) is 65.6 Å². The molecular weight excluding hydrogens is 496 g/mol. The molecule has 0 atom stereocenters. The van der Waals surface area contributed by atoms with E-state index in [2.05, 4.69) is 27.4 Å². The van der Waals surface area contributed by atoms with Crippen molar-refractivity contribution in [3.63, 3.8) is 0 Å². The van der Waals surface area contributed by atoms with E-state index in [4.69, 9.17) is 9.73 Å². The lowest BCUT2D eigenvalue weighted by Crippen LogP contribution is -2.44. The number of hydrogen-bond donors (Lipinski definition) is 2. The van der Waals surface area contributed by atoms with E-state index in [9.17, 15) is 4.39 Å². The molecule has 0 amide bonds. The molecule has 2 fully saturated rings. The summed E-state index contributed by atoms with van der Waals surface area (Å²) in [5.41, 5.74) is 0.794. The van der Waals surface area contributed by atoms with E-state index in [1.54, 1.807) is 12.1 Å². The average Bonchev–Trinajstić information content (AvgIpc) is 2.75. The van der Waals surface area contributed by atoms with Crippen molar-refractivity contribution >= 4 is 29.9 Å². The summed E-state index contributed by atoms with van der Waals surface area (Å²) in [4.78, 5) is 9.59. The minimum atomic E-state index is -0.0994. The Hall–Kier alpha value is -0.970. The van der Waals surface area contributed by atoms with Crippen LogP contribution in [0, 0.1) is 11.7 Å². The van der Waals surface area contributed by atoms with Crippen LogP contribution in [0.5, 0.6) is 0 Å². The molecule has 0 unspecified atom stereocenters. The molecule has 1 aromatic carbocycles. The van der Waals surface area contributed by atoms with Crippen molar-refractivity contribution in [1.82, 2.24) is 20.4 Å². The minimum absolute atomic E-state index is 0. The predicted octanol–water partition coefficient (Wildman–Crippen LogP) is 2.54. The Morgan fingerprint density at radius 1 is 1.10 bits per heavy atom. The van der Waals surface area contributed by atoms with Crippen LogP contribution in [-0.2, 0) is 11.3 Å². The number of benzene rings is 1. The van der Waals surface area contributed by atoms with Crippen molar-refractivity contribution in [1.29, 1.82) is 0 Å². The zero-order chi connectivity index (χ0) is 20.3. The van der Waals surface area contributed by atoms with Gasteiger partial charge >= 0.3 is 0 Å². The number of nitrogens with zero attached hydrogens (tertiary/aromatic N) is 3. The molecule has 170 valence electrons. The molecule has 2 aliphatic heterocycles. The Kier molecular flexibility index (Phi) is 11.9. The Balaban J connectivity index is 0.00000320. The van der Waals surface area contributed by atoms with Gasteiger partial charge in [-0.1, -0.05) is 18.2 Å². The predicted molar refractivity (Wildman–Crippen MR) is 131 cm³/mol. The molecule has 0 aromatic heterocycles. The number of likely N-dealkylation sites (tertiary alicyclic amines) is 1. The molecule has 2 saturated heterocycles. The highest BCUT2D eigenvalue weighted by Gasteiger charge is 2.20. The first-order chi connectivity index (χ1) is 14.2. The molecular formula is C22H37FIN5O. The second kappa shape index (κ2) is 14.2. The maximum Gasteiger partial charge on any atom is 0.191 e. The molecule has 0 bridgehead atoms. The van der Waals surface area contributed by atoms with Gasteiger partial charge in [0.05, 0.1) is 13.2 Å². The fourth-order valence-corrected chi connectivity index (χ4v) is 3.91. The number of aliphatic imine (C=N–C) groups is 1. The van der Waals surface area contributed by atoms with Gasteiger partial charge in [0.1, 0.15) is 5.82 Å². The summed E-state index contributed by atoms with van der Waals surface area (Å²) in [7, 11) is 0. The zero-order valence-electron chi connectivity index (χ0n) is 18.1. The number of morpholine rings is 1. The van der Waals surface area contributed by atoms with Gasteiger partial charge in [0.2, 0.25) is 0 Å². The number of piperidine rings is 1. The summed E-state index contributed by atoms with van der Waals surface area (Å²) < 4.78 is 19.3. The van der Waals surface area contributed by atoms with E-state index in [1.807, 2.05) is 12.1 Å². The lowest BCUT2D eigenvalue weighted by atomic mass is 9.96. The van der Waals surface area contributed by atoms with E-state index < -0.39 is 0 Å². The summed E-state index contributed by atoms with van der Waals surface area (Å²) in [6, 6.07) is 7.09. The van der Waals surface area contributed by atoms with Crippen LogP contribution in [0.3, 0.4) is 0 Å². The zero-order valence-corrected chi connectivity index (χ0v) is 20.4. The summed E-state index contributed by atoms with van der Waals surface area (Å²) in [6.07, 6.45) is 2.23. The normalized spacial score (nSPS) is 19.3. The van der Waals surface area contributed by atoms with E-state index in [0.717, 1.165) is 89.9 Å². The molecule has 8 heteroatoms. The van der Waals surface area contributed by atoms with Crippen molar-refractivity contribution < 1.29 is 9.13 Å². The van der Waals surface area contributed by atoms with Crippen molar-refractivity contribution in [2.45, 2.75) is 26.3 Å². The minimum Gasteiger partial charge on any atom is -0.379 e. The largest absolute Gasteiger partial charge is 0.379 e. The van der Waals surface area contributed by atoms with Gasteiger partial charge in [-0.3, -0.25) is 14.8 Å². The van der Waals surface area contributed by atoms with Gasteiger partial charge in [0.15, 0.2) is 5.96 Å². The monoisotopic (exact) mass is 533 g/mol. The lowest BCUT2D eigenvalue weighted by Gasteiger charge is -2.31. The molecule has 0 spiro atoms. The Morgan fingerprint density at radius 2 is 1.83 bits per heavy atom. The average molecular weight is 533 g/mol. The number of guanidine groups is 1. The number of nitrogens with one attached hydrogen (secondary N) is 2. The first-order valence-corrected chi connectivity index (χ1v) is 11.0. The van der Waals surface area contributed by atoms with Gasteiger partial charge in [-0.05, 0) is 44.8 Å². The Labute approximate surface area is 197 Å². The van der Waals surface area contributed by atoms with E-state index in [-0.39, 0.29) is 29.8 Å². The van der Waals surface area contributed by atoms with Gasteiger partial charge in [0, 0.05) is 51.4 Å². The summed E-state index contributed by atoms with van der Waals surface area (Å²) in [5, 5.41) is 6.81. The topological polar surface area (TPSA) is 52.1 Å². The maximum atomic E-state index is 13.9. The third-order valence-corrected chi connectivity index (χ3v) is 5.73.